The number of carbonyl (C=O) groups excluding carboxylic acids is 1. The van der Waals surface area contributed by atoms with Gasteiger partial charge in [0.15, 0.2) is 0 Å². The lowest BCUT2D eigenvalue weighted by Crippen LogP contribution is -2.57. The molecule has 1 rings (SSSR count). The number of rotatable bonds is 8. The van der Waals surface area contributed by atoms with E-state index in [9.17, 15) is 4.79 Å². The van der Waals surface area contributed by atoms with Crippen LogP contribution in [0.5, 0.6) is 0 Å². The Balaban J connectivity index is 2.47. The molecule has 1 aliphatic rings. The van der Waals surface area contributed by atoms with Crippen LogP contribution >= 0.6 is 0 Å². The SMILES string of the molecule is CCCCNC(=O)C(C)NCC1(N(C)C)CCCC(C)C1. The van der Waals surface area contributed by atoms with E-state index in [2.05, 4.69) is 43.5 Å². The van der Waals surface area contributed by atoms with E-state index in [1.54, 1.807) is 0 Å². The van der Waals surface area contributed by atoms with Gasteiger partial charge in [0.1, 0.15) is 0 Å². The maximum absolute atomic E-state index is 12.0. The molecule has 0 saturated heterocycles. The number of nitrogens with one attached hydrogen (secondary N) is 2. The largest absolute Gasteiger partial charge is 0.355 e. The number of carbonyl (C=O) groups is 1. The van der Waals surface area contributed by atoms with Crippen LogP contribution in [0.1, 0.15) is 59.3 Å². The molecule has 0 aromatic heterocycles. The van der Waals surface area contributed by atoms with Crippen molar-refractivity contribution in [2.24, 2.45) is 5.92 Å². The van der Waals surface area contributed by atoms with Crippen LogP contribution in [0.25, 0.3) is 0 Å². The minimum Gasteiger partial charge on any atom is -0.355 e. The van der Waals surface area contributed by atoms with E-state index in [-0.39, 0.29) is 17.5 Å². The van der Waals surface area contributed by atoms with E-state index >= 15 is 0 Å². The van der Waals surface area contributed by atoms with Crippen LogP contribution in [0.2, 0.25) is 0 Å². The third-order valence-corrected chi connectivity index (χ3v) is 4.98. The lowest BCUT2D eigenvalue weighted by molar-refractivity contribution is -0.122. The average molecular weight is 297 g/mol. The van der Waals surface area contributed by atoms with Crippen LogP contribution < -0.4 is 10.6 Å². The first-order valence-corrected chi connectivity index (χ1v) is 8.60. The summed E-state index contributed by atoms with van der Waals surface area (Å²) in [6, 6.07) is -0.115. The van der Waals surface area contributed by atoms with Crippen molar-refractivity contribution in [1.29, 1.82) is 0 Å². The van der Waals surface area contributed by atoms with Gasteiger partial charge in [-0.1, -0.05) is 33.1 Å². The highest BCUT2D eigenvalue weighted by molar-refractivity contribution is 5.81. The van der Waals surface area contributed by atoms with Crippen molar-refractivity contribution >= 4 is 5.91 Å². The molecular formula is C17H35N3O. The fourth-order valence-corrected chi connectivity index (χ4v) is 3.33. The zero-order valence-corrected chi connectivity index (χ0v) is 14.7. The second kappa shape index (κ2) is 8.74. The first-order chi connectivity index (χ1) is 9.91. The van der Waals surface area contributed by atoms with E-state index < -0.39 is 0 Å². The molecule has 4 heteroatoms. The minimum absolute atomic E-state index is 0.115. The van der Waals surface area contributed by atoms with Gasteiger partial charge in [-0.25, -0.2) is 0 Å². The number of amides is 1. The van der Waals surface area contributed by atoms with Gasteiger partial charge in [0.2, 0.25) is 5.91 Å². The number of likely N-dealkylation sites (N-methyl/N-ethyl adjacent to an activating group) is 1. The van der Waals surface area contributed by atoms with E-state index in [4.69, 9.17) is 0 Å². The molecule has 0 aliphatic heterocycles. The fourth-order valence-electron chi connectivity index (χ4n) is 3.33. The zero-order valence-electron chi connectivity index (χ0n) is 14.7. The van der Waals surface area contributed by atoms with Crippen molar-refractivity contribution in [3.05, 3.63) is 0 Å². The molecule has 3 unspecified atom stereocenters. The van der Waals surface area contributed by atoms with E-state index in [1.807, 2.05) is 6.92 Å². The van der Waals surface area contributed by atoms with Gasteiger partial charge in [0.25, 0.3) is 0 Å². The molecule has 0 aromatic rings. The van der Waals surface area contributed by atoms with Crippen LogP contribution in [0.3, 0.4) is 0 Å². The maximum atomic E-state index is 12.0. The van der Waals surface area contributed by atoms with Gasteiger partial charge in [-0.15, -0.1) is 0 Å². The van der Waals surface area contributed by atoms with Crippen LogP contribution in [0.15, 0.2) is 0 Å². The molecule has 0 spiro atoms. The lowest BCUT2D eigenvalue weighted by atomic mass is 9.75. The van der Waals surface area contributed by atoms with Crippen LogP contribution in [0, 0.1) is 5.92 Å². The van der Waals surface area contributed by atoms with Crippen molar-refractivity contribution in [2.45, 2.75) is 70.9 Å². The number of unbranched alkanes of at least 4 members (excludes halogenated alkanes) is 1. The molecule has 3 atom stereocenters. The molecule has 0 radical (unpaired) electrons. The first-order valence-electron chi connectivity index (χ1n) is 8.60. The van der Waals surface area contributed by atoms with Gasteiger partial charge < -0.3 is 15.5 Å². The van der Waals surface area contributed by atoms with Crippen LogP contribution in [-0.2, 0) is 4.79 Å². The first kappa shape index (κ1) is 18.4. The predicted octanol–water partition coefficient (Wildman–Crippen LogP) is 2.39. The van der Waals surface area contributed by atoms with Gasteiger partial charge in [-0.2, -0.15) is 0 Å². The Hall–Kier alpha value is -0.610. The number of hydrogen-bond acceptors (Lipinski definition) is 3. The highest BCUT2D eigenvalue weighted by Gasteiger charge is 2.37. The normalized spacial score (nSPS) is 27.6. The Labute approximate surface area is 131 Å². The highest BCUT2D eigenvalue weighted by atomic mass is 16.2. The molecule has 21 heavy (non-hydrogen) atoms. The summed E-state index contributed by atoms with van der Waals surface area (Å²) in [6.45, 7) is 8.14. The molecule has 4 nitrogen and oxygen atoms in total. The summed E-state index contributed by atoms with van der Waals surface area (Å²) in [5.41, 5.74) is 0.204. The summed E-state index contributed by atoms with van der Waals surface area (Å²) in [7, 11) is 4.34. The van der Waals surface area contributed by atoms with Gasteiger partial charge in [-0.05, 0) is 46.2 Å². The third kappa shape index (κ3) is 5.59. The summed E-state index contributed by atoms with van der Waals surface area (Å²) < 4.78 is 0. The third-order valence-electron chi connectivity index (χ3n) is 4.98. The maximum Gasteiger partial charge on any atom is 0.236 e. The van der Waals surface area contributed by atoms with Gasteiger partial charge in [0.05, 0.1) is 6.04 Å². The minimum atomic E-state index is -0.115. The monoisotopic (exact) mass is 297 g/mol. The second-order valence-electron chi connectivity index (χ2n) is 7.07. The van der Waals surface area contributed by atoms with Crippen molar-refractivity contribution in [1.82, 2.24) is 15.5 Å². The number of nitrogens with zero attached hydrogens (tertiary/aromatic N) is 1. The molecule has 0 bridgehead atoms. The summed E-state index contributed by atoms with van der Waals surface area (Å²) >= 11 is 0. The Bertz CT molecular complexity index is 319. The van der Waals surface area contributed by atoms with Crippen molar-refractivity contribution in [3.63, 3.8) is 0 Å². The second-order valence-corrected chi connectivity index (χ2v) is 7.07. The van der Waals surface area contributed by atoms with Crippen molar-refractivity contribution in [3.8, 4) is 0 Å². The molecule has 0 aromatic carbocycles. The van der Waals surface area contributed by atoms with Gasteiger partial charge in [-0.3, -0.25) is 4.79 Å². The van der Waals surface area contributed by atoms with Gasteiger partial charge in [0, 0.05) is 18.6 Å². The Kier molecular flexibility index (Phi) is 7.67. The van der Waals surface area contributed by atoms with Crippen molar-refractivity contribution in [2.75, 3.05) is 27.2 Å². The van der Waals surface area contributed by atoms with E-state index in [0.717, 1.165) is 31.8 Å². The Morgan fingerprint density at radius 1 is 1.43 bits per heavy atom. The summed E-state index contributed by atoms with van der Waals surface area (Å²) in [6.07, 6.45) is 7.24. The topological polar surface area (TPSA) is 44.4 Å². The summed E-state index contributed by atoms with van der Waals surface area (Å²) in [5.74, 6) is 0.901. The standard InChI is InChI=1S/C17H35N3O/c1-6-7-11-18-16(21)15(3)19-13-17(20(4)5)10-8-9-14(2)12-17/h14-15,19H,6-13H2,1-5H3,(H,18,21). The molecule has 1 aliphatic carbocycles. The smallest absolute Gasteiger partial charge is 0.236 e. The molecular weight excluding hydrogens is 262 g/mol. The van der Waals surface area contributed by atoms with Crippen molar-refractivity contribution < 1.29 is 4.79 Å². The van der Waals surface area contributed by atoms with Crippen LogP contribution in [0.4, 0.5) is 0 Å². The van der Waals surface area contributed by atoms with Gasteiger partial charge >= 0.3 is 0 Å². The van der Waals surface area contributed by atoms with E-state index in [0.29, 0.717) is 0 Å². The predicted molar refractivity (Wildman–Crippen MR) is 89.4 cm³/mol. The molecule has 2 N–H and O–H groups in total. The number of hydrogen-bond donors (Lipinski definition) is 2. The van der Waals surface area contributed by atoms with E-state index in [1.165, 1.54) is 25.7 Å². The van der Waals surface area contributed by atoms with Crippen LogP contribution in [-0.4, -0.2) is 49.6 Å². The molecule has 0 heterocycles. The Morgan fingerprint density at radius 3 is 2.71 bits per heavy atom. The summed E-state index contributed by atoms with van der Waals surface area (Å²) in [5, 5.41) is 6.47. The molecule has 1 fully saturated rings. The quantitative estimate of drug-likeness (QED) is 0.676. The average Bonchev–Trinajstić information content (AvgIpc) is 2.44. The zero-order chi connectivity index (χ0) is 15.9. The highest BCUT2D eigenvalue weighted by Crippen LogP contribution is 2.35. The molecule has 124 valence electrons. The fraction of sp³-hybridized carbons (Fsp3) is 0.941. The lowest BCUT2D eigenvalue weighted by Gasteiger charge is -2.46. The Morgan fingerprint density at radius 2 is 2.14 bits per heavy atom. The summed E-state index contributed by atoms with van der Waals surface area (Å²) in [4.78, 5) is 14.4. The molecule has 1 amide bonds. The molecule has 1 saturated carbocycles.